The molecule has 1 aliphatic rings. The van der Waals surface area contributed by atoms with E-state index in [1.54, 1.807) is 0 Å². The second-order valence-electron chi connectivity index (χ2n) is 4.59. The topological polar surface area (TPSA) is 38.0 Å². The molecule has 0 amide bonds. The summed E-state index contributed by atoms with van der Waals surface area (Å²) in [4.78, 5) is 0. The number of hydrogen-bond donors (Lipinski definition) is 2. The Balaban J connectivity index is 2.25. The van der Waals surface area contributed by atoms with E-state index in [-0.39, 0.29) is 0 Å². The molecule has 1 unspecified atom stereocenters. The van der Waals surface area contributed by atoms with Gasteiger partial charge in [-0.2, -0.15) is 11.8 Å². The Morgan fingerprint density at radius 2 is 1.87 bits per heavy atom. The molecule has 15 heavy (non-hydrogen) atoms. The quantitative estimate of drug-likeness (QED) is 0.522. The second kappa shape index (κ2) is 7.53. The van der Waals surface area contributed by atoms with Gasteiger partial charge in [0.15, 0.2) is 0 Å². The van der Waals surface area contributed by atoms with Crippen molar-refractivity contribution in [1.29, 1.82) is 0 Å². The Labute approximate surface area is 98.7 Å². The van der Waals surface area contributed by atoms with Crippen molar-refractivity contribution in [2.75, 3.05) is 5.75 Å². The molecule has 1 saturated carbocycles. The third-order valence-corrected chi connectivity index (χ3v) is 5.14. The summed E-state index contributed by atoms with van der Waals surface area (Å²) in [5, 5.41) is 0.912. The van der Waals surface area contributed by atoms with Crippen LogP contribution in [0.25, 0.3) is 0 Å². The van der Waals surface area contributed by atoms with Crippen molar-refractivity contribution in [3.05, 3.63) is 0 Å². The summed E-state index contributed by atoms with van der Waals surface area (Å²) >= 11 is 2.13. The van der Waals surface area contributed by atoms with Crippen LogP contribution in [0.1, 0.15) is 52.4 Å². The Morgan fingerprint density at radius 3 is 2.33 bits per heavy atom. The van der Waals surface area contributed by atoms with Gasteiger partial charge in [-0.25, -0.2) is 0 Å². The highest BCUT2D eigenvalue weighted by atomic mass is 32.2. The monoisotopic (exact) mass is 230 g/mol. The van der Waals surface area contributed by atoms with Gasteiger partial charge in [0.05, 0.1) is 0 Å². The van der Waals surface area contributed by atoms with Crippen molar-refractivity contribution in [3.63, 3.8) is 0 Å². The first-order valence-corrected chi connectivity index (χ1v) is 7.44. The smallest absolute Gasteiger partial charge is 0.0329 e. The first-order valence-electron chi connectivity index (χ1n) is 6.39. The van der Waals surface area contributed by atoms with Crippen molar-refractivity contribution < 1.29 is 0 Å². The molecule has 0 saturated heterocycles. The molecule has 0 aromatic heterocycles. The molecule has 1 aliphatic carbocycles. The largest absolute Gasteiger partial charge is 0.271 e. The van der Waals surface area contributed by atoms with E-state index in [1.165, 1.54) is 44.3 Å². The molecule has 1 atom stereocenters. The Kier molecular flexibility index (Phi) is 6.69. The van der Waals surface area contributed by atoms with Crippen LogP contribution >= 0.6 is 11.8 Å². The highest BCUT2D eigenvalue weighted by Crippen LogP contribution is 2.30. The van der Waals surface area contributed by atoms with Crippen LogP contribution in [0.3, 0.4) is 0 Å². The average Bonchev–Trinajstić information content (AvgIpc) is 2.77. The van der Waals surface area contributed by atoms with Crippen molar-refractivity contribution in [2.45, 2.75) is 63.7 Å². The van der Waals surface area contributed by atoms with Crippen molar-refractivity contribution >= 4 is 11.8 Å². The lowest BCUT2D eigenvalue weighted by Gasteiger charge is -2.25. The van der Waals surface area contributed by atoms with Crippen LogP contribution in [0.15, 0.2) is 0 Å². The molecule has 0 radical (unpaired) electrons. The van der Waals surface area contributed by atoms with Crippen LogP contribution in [-0.2, 0) is 0 Å². The molecule has 1 rings (SSSR count). The van der Waals surface area contributed by atoms with Gasteiger partial charge >= 0.3 is 0 Å². The third-order valence-electron chi connectivity index (χ3n) is 3.65. The third kappa shape index (κ3) is 4.33. The van der Waals surface area contributed by atoms with E-state index in [0.29, 0.717) is 6.04 Å². The molecular weight excluding hydrogens is 204 g/mol. The van der Waals surface area contributed by atoms with E-state index < -0.39 is 0 Å². The van der Waals surface area contributed by atoms with E-state index in [2.05, 4.69) is 31.0 Å². The molecule has 0 aromatic rings. The summed E-state index contributed by atoms with van der Waals surface area (Å²) in [5.74, 6) is 7.57. The molecular formula is C12H26N2S. The lowest BCUT2D eigenvalue weighted by atomic mass is 9.96. The molecule has 3 N–H and O–H groups in total. The van der Waals surface area contributed by atoms with Crippen LogP contribution in [0, 0.1) is 5.92 Å². The molecule has 90 valence electrons. The fourth-order valence-electron chi connectivity index (χ4n) is 2.47. The van der Waals surface area contributed by atoms with Gasteiger partial charge < -0.3 is 0 Å². The predicted octanol–water partition coefficient (Wildman–Crippen LogP) is 2.93. The highest BCUT2D eigenvalue weighted by molar-refractivity contribution is 7.99. The van der Waals surface area contributed by atoms with Gasteiger partial charge in [-0.05, 0) is 18.8 Å². The van der Waals surface area contributed by atoms with Gasteiger partial charge in [-0.15, -0.1) is 0 Å². The lowest BCUT2D eigenvalue weighted by Crippen LogP contribution is -2.42. The number of hydrazine groups is 1. The van der Waals surface area contributed by atoms with Gasteiger partial charge in [0.25, 0.3) is 0 Å². The van der Waals surface area contributed by atoms with Gasteiger partial charge in [0.1, 0.15) is 0 Å². The van der Waals surface area contributed by atoms with Gasteiger partial charge in [-0.3, -0.25) is 11.3 Å². The molecule has 0 heterocycles. The molecule has 3 heteroatoms. The van der Waals surface area contributed by atoms with Crippen molar-refractivity contribution in [1.82, 2.24) is 5.43 Å². The molecule has 2 nitrogen and oxygen atoms in total. The van der Waals surface area contributed by atoms with E-state index in [1.807, 2.05) is 0 Å². The summed E-state index contributed by atoms with van der Waals surface area (Å²) < 4.78 is 0. The highest BCUT2D eigenvalue weighted by Gasteiger charge is 2.21. The van der Waals surface area contributed by atoms with Crippen LogP contribution in [-0.4, -0.2) is 17.0 Å². The second-order valence-corrected chi connectivity index (χ2v) is 5.92. The minimum absolute atomic E-state index is 0.505. The molecule has 0 aromatic carbocycles. The summed E-state index contributed by atoms with van der Waals surface area (Å²) in [6.45, 7) is 4.53. The van der Waals surface area contributed by atoms with Gasteiger partial charge in [0, 0.05) is 17.0 Å². The maximum atomic E-state index is 5.65. The zero-order chi connectivity index (χ0) is 11.1. The molecule has 1 fully saturated rings. The van der Waals surface area contributed by atoms with Crippen LogP contribution in [0.4, 0.5) is 0 Å². The van der Waals surface area contributed by atoms with Gasteiger partial charge in [-0.1, -0.05) is 39.5 Å². The number of nitrogens with one attached hydrogen (secondary N) is 1. The maximum absolute atomic E-state index is 5.65. The SMILES string of the molecule is CCC(CC)C(CSC1CCCC1)NN. The van der Waals surface area contributed by atoms with E-state index in [4.69, 9.17) is 5.84 Å². The first-order chi connectivity index (χ1) is 7.31. The number of hydrogen-bond acceptors (Lipinski definition) is 3. The zero-order valence-corrected chi connectivity index (χ0v) is 11.0. The van der Waals surface area contributed by atoms with Crippen molar-refractivity contribution in [2.24, 2.45) is 11.8 Å². The van der Waals surface area contributed by atoms with Crippen LogP contribution in [0.2, 0.25) is 0 Å². The fraction of sp³-hybridized carbons (Fsp3) is 1.00. The van der Waals surface area contributed by atoms with E-state index >= 15 is 0 Å². The molecule has 0 aliphatic heterocycles. The van der Waals surface area contributed by atoms with E-state index in [0.717, 1.165) is 11.2 Å². The first kappa shape index (κ1) is 13.3. The summed E-state index contributed by atoms with van der Waals surface area (Å²) in [5.41, 5.74) is 3.01. The Morgan fingerprint density at radius 1 is 1.27 bits per heavy atom. The van der Waals surface area contributed by atoms with Crippen LogP contribution < -0.4 is 11.3 Å². The van der Waals surface area contributed by atoms with Crippen molar-refractivity contribution in [3.8, 4) is 0 Å². The normalized spacial score (nSPS) is 20.0. The van der Waals surface area contributed by atoms with Gasteiger partial charge in [0.2, 0.25) is 0 Å². The average molecular weight is 230 g/mol. The minimum Gasteiger partial charge on any atom is -0.271 e. The number of thioether (sulfide) groups is 1. The zero-order valence-electron chi connectivity index (χ0n) is 10.2. The molecule has 0 bridgehead atoms. The summed E-state index contributed by atoms with van der Waals surface area (Å²) in [6.07, 6.45) is 8.18. The van der Waals surface area contributed by atoms with E-state index in [9.17, 15) is 0 Å². The van der Waals surface area contributed by atoms with Crippen LogP contribution in [0.5, 0.6) is 0 Å². The molecule has 0 spiro atoms. The fourth-order valence-corrected chi connectivity index (χ4v) is 3.99. The Bertz CT molecular complexity index is 154. The summed E-state index contributed by atoms with van der Waals surface area (Å²) in [6, 6.07) is 0.505. The maximum Gasteiger partial charge on any atom is 0.0329 e. The minimum atomic E-state index is 0.505. The number of rotatable bonds is 7. The number of nitrogens with two attached hydrogens (primary N) is 1. The Hall–Kier alpha value is 0.270. The standard InChI is InChI=1S/C12H26N2S/c1-3-10(4-2)12(14-13)9-15-11-7-5-6-8-11/h10-12,14H,3-9,13H2,1-2H3. The lowest BCUT2D eigenvalue weighted by molar-refractivity contribution is 0.364. The predicted molar refractivity (Wildman–Crippen MR) is 69.9 cm³/mol. The summed E-state index contributed by atoms with van der Waals surface area (Å²) in [7, 11) is 0.